The van der Waals surface area contributed by atoms with Crippen molar-refractivity contribution >= 4 is 22.8 Å². The van der Waals surface area contributed by atoms with Crippen molar-refractivity contribution in [3.63, 3.8) is 0 Å². The molecule has 2 aromatic carbocycles. The van der Waals surface area contributed by atoms with Crippen LogP contribution in [0.4, 0.5) is 10.5 Å². The minimum absolute atomic E-state index is 0.102. The Kier molecular flexibility index (Phi) is 5.46. The molecule has 0 bridgehead atoms. The molecule has 2 N–H and O–H groups in total. The predicted octanol–water partition coefficient (Wildman–Crippen LogP) is 3.18. The van der Waals surface area contributed by atoms with Crippen molar-refractivity contribution < 1.29 is 4.79 Å². The van der Waals surface area contributed by atoms with Crippen LogP contribution < -0.4 is 15.5 Å². The van der Waals surface area contributed by atoms with E-state index in [0.717, 1.165) is 37.0 Å². The summed E-state index contributed by atoms with van der Waals surface area (Å²) in [6.45, 7) is 5.28. The lowest BCUT2D eigenvalue weighted by molar-refractivity contribution is 0.240. The van der Waals surface area contributed by atoms with Crippen molar-refractivity contribution in [1.29, 1.82) is 0 Å². The van der Waals surface area contributed by atoms with Crippen molar-refractivity contribution in [1.82, 2.24) is 20.2 Å². The van der Waals surface area contributed by atoms with Crippen LogP contribution in [-0.2, 0) is 13.0 Å². The van der Waals surface area contributed by atoms with Crippen LogP contribution in [0, 0.1) is 0 Å². The molecule has 0 radical (unpaired) electrons. The molecule has 6 nitrogen and oxygen atoms in total. The fourth-order valence-electron chi connectivity index (χ4n) is 3.87. The van der Waals surface area contributed by atoms with Gasteiger partial charge in [-0.3, -0.25) is 0 Å². The van der Waals surface area contributed by atoms with Crippen molar-refractivity contribution in [2.45, 2.75) is 32.4 Å². The van der Waals surface area contributed by atoms with E-state index in [2.05, 4.69) is 62.3 Å². The third-order valence-electron chi connectivity index (χ3n) is 5.40. The largest absolute Gasteiger partial charge is 0.366 e. The van der Waals surface area contributed by atoms with Crippen LogP contribution in [-0.4, -0.2) is 41.3 Å². The summed E-state index contributed by atoms with van der Waals surface area (Å²) in [5.74, 6) is 0. The van der Waals surface area contributed by atoms with Crippen LogP contribution in [0.2, 0.25) is 0 Å². The first-order valence-electron chi connectivity index (χ1n) is 9.98. The van der Waals surface area contributed by atoms with Gasteiger partial charge in [0.05, 0.1) is 17.4 Å². The third kappa shape index (κ3) is 3.96. The fraction of sp³-hybridized carbons (Fsp3) is 0.364. The number of aromatic nitrogens is 2. The second-order valence-corrected chi connectivity index (χ2v) is 7.34. The number of hydrogen-bond donors (Lipinski definition) is 2. The second-order valence-electron chi connectivity index (χ2n) is 7.34. The number of carbonyl (C=O) groups is 1. The van der Waals surface area contributed by atoms with Gasteiger partial charge in [-0.05, 0) is 43.5 Å². The van der Waals surface area contributed by atoms with Gasteiger partial charge in [0.25, 0.3) is 0 Å². The summed E-state index contributed by atoms with van der Waals surface area (Å²) in [5, 5.41) is 5.96. The molecule has 0 aliphatic carbocycles. The van der Waals surface area contributed by atoms with Gasteiger partial charge in [0.2, 0.25) is 0 Å². The number of imidazole rings is 1. The number of urea groups is 1. The van der Waals surface area contributed by atoms with Gasteiger partial charge in [0.15, 0.2) is 0 Å². The Balaban J connectivity index is 1.18. The molecule has 4 rings (SSSR count). The van der Waals surface area contributed by atoms with E-state index in [9.17, 15) is 4.79 Å². The Morgan fingerprint density at radius 3 is 2.89 bits per heavy atom. The van der Waals surface area contributed by atoms with Crippen molar-refractivity contribution in [2.24, 2.45) is 0 Å². The van der Waals surface area contributed by atoms with Gasteiger partial charge in [-0.1, -0.05) is 30.3 Å². The van der Waals surface area contributed by atoms with Crippen molar-refractivity contribution in [3.05, 3.63) is 60.4 Å². The summed E-state index contributed by atoms with van der Waals surface area (Å²) in [6.07, 6.45) is 3.80. The first-order valence-corrected chi connectivity index (χ1v) is 9.98. The van der Waals surface area contributed by atoms with Gasteiger partial charge >= 0.3 is 6.03 Å². The molecule has 1 aromatic heterocycles. The van der Waals surface area contributed by atoms with Crippen LogP contribution in [0.25, 0.3) is 11.0 Å². The zero-order valence-corrected chi connectivity index (χ0v) is 16.3. The topological polar surface area (TPSA) is 62.2 Å². The van der Waals surface area contributed by atoms with Gasteiger partial charge < -0.3 is 20.1 Å². The number of carbonyl (C=O) groups excluding carboxylic acids is 1. The molecule has 1 unspecified atom stereocenters. The number of benzene rings is 2. The summed E-state index contributed by atoms with van der Waals surface area (Å²) in [6, 6.07) is 16.8. The highest BCUT2D eigenvalue weighted by molar-refractivity contribution is 5.75. The van der Waals surface area contributed by atoms with Crippen LogP contribution in [0.3, 0.4) is 0 Å². The summed E-state index contributed by atoms with van der Waals surface area (Å²) >= 11 is 0. The number of rotatable bonds is 7. The van der Waals surface area contributed by atoms with Crippen LogP contribution in [0.5, 0.6) is 0 Å². The van der Waals surface area contributed by atoms with Crippen molar-refractivity contribution in [2.75, 3.05) is 24.5 Å². The molecule has 6 heteroatoms. The van der Waals surface area contributed by atoms with Crippen LogP contribution >= 0.6 is 0 Å². The quantitative estimate of drug-likeness (QED) is 0.622. The summed E-state index contributed by atoms with van der Waals surface area (Å²) in [4.78, 5) is 18.9. The van der Waals surface area contributed by atoms with E-state index in [1.54, 1.807) is 0 Å². The van der Waals surface area contributed by atoms with Gasteiger partial charge in [0, 0.05) is 37.9 Å². The molecule has 146 valence electrons. The number of aryl methyl sites for hydroxylation is 1. The maximum atomic E-state index is 12.1. The molecule has 2 amide bonds. The molecule has 1 aliphatic rings. The molecule has 0 fully saturated rings. The minimum Gasteiger partial charge on any atom is -0.366 e. The smallest absolute Gasteiger partial charge is 0.314 e. The number of hydrogen-bond acceptors (Lipinski definition) is 3. The lowest BCUT2D eigenvalue weighted by Gasteiger charge is -2.27. The van der Waals surface area contributed by atoms with E-state index in [1.165, 1.54) is 11.3 Å². The average Bonchev–Trinajstić information content (AvgIpc) is 3.34. The monoisotopic (exact) mass is 377 g/mol. The average molecular weight is 377 g/mol. The van der Waals surface area contributed by atoms with E-state index in [1.807, 2.05) is 24.5 Å². The van der Waals surface area contributed by atoms with E-state index in [0.29, 0.717) is 13.1 Å². The van der Waals surface area contributed by atoms with E-state index in [4.69, 9.17) is 0 Å². The molecule has 0 saturated heterocycles. The molecular weight excluding hydrogens is 350 g/mol. The summed E-state index contributed by atoms with van der Waals surface area (Å²) in [7, 11) is 0. The minimum atomic E-state index is -0.102. The normalized spacial score (nSPS) is 14.1. The number of nitrogens with zero attached hydrogens (tertiary/aromatic N) is 3. The van der Waals surface area contributed by atoms with Gasteiger partial charge in [0.1, 0.15) is 0 Å². The lowest BCUT2D eigenvalue weighted by Crippen LogP contribution is -2.45. The summed E-state index contributed by atoms with van der Waals surface area (Å²) < 4.78 is 2.13. The highest BCUT2D eigenvalue weighted by Gasteiger charge is 2.22. The highest BCUT2D eigenvalue weighted by Crippen LogP contribution is 2.28. The van der Waals surface area contributed by atoms with Gasteiger partial charge in [-0.15, -0.1) is 0 Å². The number of para-hydroxylation sites is 3. The second kappa shape index (κ2) is 8.33. The zero-order chi connectivity index (χ0) is 19.3. The number of amides is 2. The predicted molar refractivity (Wildman–Crippen MR) is 113 cm³/mol. The molecule has 2 heterocycles. The third-order valence-corrected chi connectivity index (χ3v) is 5.40. The first kappa shape index (κ1) is 18.3. The van der Waals surface area contributed by atoms with E-state index < -0.39 is 0 Å². The number of nitrogens with one attached hydrogen (secondary N) is 2. The standard InChI is InChI=1S/C22H27N5O/c1-17(27-14-11-18-7-2-4-9-20(18)27)15-24-22(28)23-12-6-13-26-16-25-19-8-3-5-10-21(19)26/h2-5,7-10,16-17H,6,11-15H2,1H3,(H2,23,24,28). The molecule has 0 saturated carbocycles. The zero-order valence-electron chi connectivity index (χ0n) is 16.3. The van der Waals surface area contributed by atoms with Gasteiger partial charge in [-0.25, -0.2) is 9.78 Å². The Morgan fingerprint density at radius 1 is 1.14 bits per heavy atom. The maximum absolute atomic E-state index is 12.1. The maximum Gasteiger partial charge on any atom is 0.314 e. The summed E-state index contributed by atoms with van der Waals surface area (Å²) in [5.41, 5.74) is 4.83. The SMILES string of the molecule is CC(CNC(=O)NCCCn1cnc2ccccc21)N1CCc2ccccc21. The fourth-order valence-corrected chi connectivity index (χ4v) is 3.87. The molecular formula is C22H27N5O. The first-order chi connectivity index (χ1) is 13.7. The number of anilines is 1. The Morgan fingerprint density at radius 2 is 1.96 bits per heavy atom. The number of fused-ring (bicyclic) bond motifs is 2. The molecule has 1 atom stereocenters. The molecule has 0 spiro atoms. The van der Waals surface area contributed by atoms with Crippen molar-refractivity contribution in [3.8, 4) is 0 Å². The molecule has 28 heavy (non-hydrogen) atoms. The molecule has 3 aromatic rings. The Hall–Kier alpha value is -3.02. The van der Waals surface area contributed by atoms with E-state index >= 15 is 0 Å². The highest BCUT2D eigenvalue weighted by atomic mass is 16.2. The molecule has 1 aliphatic heterocycles. The lowest BCUT2D eigenvalue weighted by atomic mass is 10.2. The van der Waals surface area contributed by atoms with Gasteiger partial charge in [-0.2, -0.15) is 0 Å². The Labute approximate surface area is 165 Å². The van der Waals surface area contributed by atoms with Crippen LogP contribution in [0.1, 0.15) is 18.9 Å². The van der Waals surface area contributed by atoms with Crippen LogP contribution in [0.15, 0.2) is 54.9 Å². The van der Waals surface area contributed by atoms with E-state index in [-0.39, 0.29) is 12.1 Å². The Bertz CT molecular complexity index is 951.